The van der Waals surface area contributed by atoms with Crippen molar-refractivity contribution < 1.29 is 14.6 Å². The van der Waals surface area contributed by atoms with Crippen LogP contribution in [-0.4, -0.2) is 36.1 Å². The Morgan fingerprint density at radius 3 is 2.89 bits per heavy atom. The van der Waals surface area contributed by atoms with Crippen LogP contribution in [0.2, 0.25) is 0 Å². The summed E-state index contributed by atoms with van der Waals surface area (Å²) in [6.07, 6.45) is 0. The van der Waals surface area contributed by atoms with Gasteiger partial charge in [0.15, 0.2) is 0 Å². The van der Waals surface area contributed by atoms with Crippen LogP contribution >= 0.6 is 0 Å². The summed E-state index contributed by atoms with van der Waals surface area (Å²) in [4.78, 5) is 0. The molecule has 0 spiro atoms. The Balaban J connectivity index is 2.33. The van der Waals surface area contributed by atoms with Gasteiger partial charge in [-0.25, -0.2) is 0 Å². The molecule has 0 saturated carbocycles. The molecule has 0 aliphatic carbocycles. The second kappa shape index (κ2) is 3.73. The molecular weight excluding hydrogens is 299 g/mol. The molecule has 0 amide bonds. The molecule has 0 atom stereocenters. The third-order valence-electron chi connectivity index (χ3n) is 2.91. The molecule has 94 valence electrons. The van der Waals surface area contributed by atoms with Gasteiger partial charge in [0.2, 0.25) is 0 Å². The first-order chi connectivity index (χ1) is 8.53. The number of nitrogens with zero attached hydrogens (tertiary/aromatic N) is 2. The van der Waals surface area contributed by atoms with Gasteiger partial charge >= 0.3 is 110 Å². The quantitative estimate of drug-likeness (QED) is 0.810. The van der Waals surface area contributed by atoms with Gasteiger partial charge in [-0.3, -0.25) is 0 Å². The summed E-state index contributed by atoms with van der Waals surface area (Å²) >= 11 is -0.0284. The van der Waals surface area contributed by atoms with E-state index >= 15 is 0 Å². The zero-order valence-corrected chi connectivity index (χ0v) is 11.9. The maximum atomic E-state index is 9.68. The number of rotatable bonds is 1. The Kier molecular flexibility index (Phi) is 2.40. The zero-order valence-electron chi connectivity index (χ0n) is 10.2. The number of ether oxygens (including phenoxy) is 2. The van der Waals surface area contributed by atoms with Crippen LogP contribution in [0.3, 0.4) is 0 Å². The molecular formula is C12H12N2O3Se. The number of methoxy groups -OCH3 is 1. The second-order valence-electron chi connectivity index (χ2n) is 4.58. The van der Waals surface area contributed by atoms with E-state index in [1.54, 1.807) is 19.2 Å². The van der Waals surface area contributed by atoms with Gasteiger partial charge < -0.3 is 0 Å². The standard InChI is InChI=1S/C12H12N2O3Se/c1-12(2)11-10(13-14-18-11)9-7(16-3)4-6(15)5-8(9)17-12/h4-5,15H,1-3H3. The van der Waals surface area contributed by atoms with Crippen LogP contribution in [0.5, 0.6) is 17.2 Å². The van der Waals surface area contributed by atoms with Crippen LogP contribution in [0.4, 0.5) is 0 Å². The van der Waals surface area contributed by atoms with Gasteiger partial charge in [-0.05, 0) is 0 Å². The fraction of sp³-hybridized carbons (Fsp3) is 0.333. The maximum absolute atomic E-state index is 9.68. The third-order valence-corrected chi connectivity index (χ3v) is 5.07. The number of aromatic nitrogens is 2. The first-order valence-corrected chi connectivity index (χ1v) is 7.08. The average Bonchev–Trinajstić information content (AvgIpc) is 2.76. The molecule has 0 radical (unpaired) electrons. The summed E-state index contributed by atoms with van der Waals surface area (Å²) < 4.78 is 16.5. The molecule has 18 heavy (non-hydrogen) atoms. The van der Waals surface area contributed by atoms with E-state index in [4.69, 9.17) is 9.47 Å². The summed E-state index contributed by atoms with van der Waals surface area (Å²) in [5.41, 5.74) is 1.18. The second-order valence-corrected chi connectivity index (χ2v) is 6.17. The Morgan fingerprint density at radius 1 is 1.39 bits per heavy atom. The van der Waals surface area contributed by atoms with Crippen LogP contribution < -0.4 is 9.47 Å². The molecule has 2 aromatic rings. The van der Waals surface area contributed by atoms with Gasteiger partial charge in [0, 0.05) is 0 Å². The third kappa shape index (κ3) is 1.53. The van der Waals surface area contributed by atoms with Gasteiger partial charge in [-0.1, -0.05) is 0 Å². The molecule has 2 heterocycles. The normalized spacial score (nSPS) is 15.5. The van der Waals surface area contributed by atoms with E-state index < -0.39 is 5.60 Å². The Labute approximate surface area is 110 Å². The topological polar surface area (TPSA) is 64.5 Å². The molecule has 1 aromatic heterocycles. The molecule has 1 aromatic carbocycles. The average molecular weight is 311 g/mol. The predicted octanol–water partition coefficient (Wildman–Crippen LogP) is 1.54. The molecule has 1 aliphatic rings. The van der Waals surface area contributed by atoms with E-state index in [1.807, 2.05) is 13.8 Å². The fourth-order valence-corrected chi connectivity index (χ4v) is 3.58. The zero-order chi connectivity index (χ0) is 12.9. The monoisotopic (exact) mass is 312 g/mol. The number of phenolic OH excluding ortho intramolecular Hbond substituents is 1. The molecule has 6 heteroatoms. The van der Waals surface area contributed by atoms with Crippen molar-refractivity contribution in [3.8, 4) is 28.5 Å². The Bertz CT molecular complexity index is 622. The van der Waals surface area contributed by atoms with Crippen LogP contribution in [-0.2, 0) is 5.60 Å². The van der Waals surface area contributed by atoms with E-state index in [9.17, 15) is 5.11 Å². The number of hydrogen-bond donors (Lipinski definition) is 1. The minimum absolute atomic E-state index is 0.0284. The summed E-state index contributed by atoms with van der Waals surface area (Å²) in [7, 11) is 1.56. The van der Waals surface area contributed by atoms with Crippen molar-refractivity contribution in [1.29, 1.82) is 0 Å². The molecule has 0 fully saturated rings. The predicted molar refractivity (Wildman–Crippen MR) is 66.3 cm³/mol. The van der Waals surface area contributed by atoms with E-state index in [2.05, 4.69) is 9.19 Å². The van der Waals surface area contributed by atoms with Gasteiger partial charge in [-0.2, -0.15) is 0 Å². The Morgan fingerprint density at radius 2 is 2.17 bits per heavy atom. The molecule has 3 rings (SSSR count). The molecule has 0 bridgehead atoms. The van der Waals surface area contributed by atoms with Crippen molar-refractivity contribution in [1.82, 2.24) is 9.19 Å². The summed E-state index contributed by atoms with van der Waals surface area (Å²) in [5.74, 6) is 1.27. The van der Waals surface area contributed by atoms with Crippen molar-refractivity contribution in [2.24, 2.45) is 0 Å². The van der Waals surface area contributed by atoms with Crippen molar-refractivity contribution in [3.05, 3.63) is 16.6 Å². The molecule has 0 unspecified atom stereocenters. The van der Waals surface area contributed by atoms with Gasteiger partial charge in [0.05, 0.1) is 0 Å². The SMILES string of the molecule is COc1cc(O)cc2c1-c1nn[se]c1C(C)(C)O2. The number of fused-ring (bicyclic) bond motifs is 3. The number of aromatic hydroxyl groups is 1. The minimum atomic E-state index is -0.440. The van der Waals surface area contributed by atoms with Crippen molar-refractivity contribution >= 4 is 14.7 Å². The van der Waals surface area contributed by atoms with Gasteiger partial charge in [0.25, 0.3) is 0 Å². The van der Waals surface area contributed by atoms with Crippen LogP contribution in [0.15, 0.2) is 12.1 Å². The number of hydrogen-bond acceptors (Lipinski definition) is 5. The van der Waals surface area contributed by atoms with Crippen molar-refractivity contribution in [3.63, 3.8) is 0 Å². The van der Waals surface area contributed by atoms with Gasteiger partial charge in [0.1, 0.15) is 0 Å². The van der Waals surface area contributed by atoms with E-state index in [-0.39, 0.29) is 20.5 Å². The number of phenols is 1. The van der Waals surface area contributed by atoms with E-state index in [1.165, 1.54) is 0 Å². The summed E-state index contributed by atoms with van der Waals surface area (Å²) in [5, 5.41) is 13.9. The molecule has 5 nitrogen and oxygen atoms in total. The van der Waals surface area contributed by atoms with Crippen LogP contribution in [0, 0.1) is 0 Å². The first-order valence-electron chi connectivity index (χ1n) is 5.46. The van der Waals surface area contributed by atoms with E-state index in [0.29, 0.717) is 11.5 Å². The van der Waals surface area contributed by atoms with Crippen molar-refractivity contribution in [2.45, 2.75) is 19.4 Å². The van der Waals surface area contributed by atoms with Crippen LogP contribution in [0.1, 0.15) is 18.3 Å². The van der Waals surface area contributed by atoms with Crippen molar-refractivity contribution in [2.75, 3.05) is 7.11 Å². The van der Waals surface area contributed by atoms with Gasteiger partial charge in [-0.15, -0.1) is 0 Å². The first kappa shape index (κ1) is 11.6. The van der Waals surface area contributed by atoms with Crippen LogP contribution in [0.25, 0.3) is 11.3 Å². The Hall–Kier alpha value is -1.52. The fourth-order valence-electron chi connectivity index (χ4n) is 2.12. The summed E-state index contributed by atoms with van der Waals surface area (Å²) in [6, 6.07) is 3.15. The van der Waals surface area contributed by atoms with E-state index in [0.717, 1.165) is 15.7 Å². The number of benzene rings is 1. The molecule has 1 aliphatic heterocycles. The molecule has 1 N–H and O–H groups in total. The summed E-state index contributed by atoms with van der Waals surface area (Å²) in [6.45, 7) is 3.97. The molecule has 0 saturated heterocycles.